The Labute approximate surface area is 74.8 Å². The van der Waals surface area contributed by atoms with E-state index in [0.717, 1.165) is 5.56 Å². The molecule has 5 nitrogen and oxygen atoms in total. The Kier molecular flexibility index (Phi) is 2.09. The van der Waals surface area contributed by atoms with Crippen molar-refractivity contribution >= 4 is 6.21 Å². The van der Waals surface area contributed by atoms with Gasteiger partial charge in [-0.1, -0.05) is 0 Å². The fraction of sp³-hybridized carbons (Fsp3) is 0. The lowest BCUT2D eigenvalue weighted by molar-refractivity contribution is 0.878. The Morgan fingerprint density at radius 2 is 1.85 bits per heavy atom. The molecule has 0 spiro atoms. The molecule has 2 aromatic heterocycles. The Bertz CT molecular complexity index is 378. The summed E-state index contributed by atoms with van der Waals surface area (Å²) in [7, 11) is 0. The van der Waals surface area contributed by atoms with Crippen molar-refractivity contribution in [3.63, 3.8) is 0 Å². The summed E-state index contributed by atoms with van der Waals surface area (Å²) < 4.78 is 1.53. The first kappa shape index (κ1) is 7.60. The van der Waals surface area contributed by atoms with Crippen LogP contribution in [0.25, 0.3) is 0 Å². The number of rotatable bonds is 2. The van der Waals surface area contributed by atoms with Crippen molar-refractivity contribution in [3.05, 3.63) is 42.7 Å². The minimum atomic E-state index is 0.990. The van der Waals surface area contributed by atoms with E-state index in [2.05, 4.69) is 20.3 Å². The van der Waals surface area contributed by atoms with Crippen molar-refractivity contribution in [1.82, 2.24) is 19.9 Å². The second-order valence-electron chi connectivity index (χ2n) is 2.37. The first-order valence-corrected chi connectivity index (χ1v) is 3.74. The lowest BCUT2D eigenvalue weighted by Gasteiger charge is -1.90. The first-order chi connectivity index (χ1) is 6.45. The number of hydrogen-bond donors (Lipinski definition) is 0. The van der Waals surface area contributed by atoms with E-state index in [-0.39, 0.29) is 0 Å². The zero-order chi connectivity index (χ0) is 8.93. The first-order valence-electron chi connectivity index (χ1n) is 3.74. The van der Waals surface area contributed by atoms with E-state index < -0.39 is 0 Å². The van der Waals surface area contributed by atoms with Gasteiger partial charge in [0.1, 0.15) is 12.7 Å². The molecular formula is C8H7N5. The molecule has 0 saturated heterocycles. The maximum atomic E-state index is 4.08. The van der Waals surface area contributed by atoms with Crippen molar-refractivity contribution in [2.45, 2.75) is 0 Å². The highest BCUT2D eigenvalue weighted by atomic mass is 15.4. The van der Waals surface area contributed by atoms with Gasteiger partial charge in [-0.05, 0) is 17.7 Å². The lowest BCUT2D eigenvalue weighted by Crippen LogP contribution is -1.86. The third kappa shape index (κ3) is 1.96. The molecule has 0 bridgehead atoms. The summed E-state index contributed by atoms with van der Waals surface area (Å²) in [4.78, 5) is 3.90. The van der Waals surface area contributed by atoms with Crippen molar-refractivity contribution in [1.29, 1.82) is 0 Å². The molecule has 0 atom stereocenters. The van der Waals surface area contributed by atoms with Crippen molar-refractivity contribution < 1.29 is 0 Å². The van der Waals surface area contributed by atoms with Crippen LogP contribution in [0.1, 0.15) is 5.56 Å². The average molecular weight is 173 g/mol. The van der Waals surface area contributed by atoms with Crippen LogP contribution in [0, 0.1) is 0 Å². The Hall–Kier alpha value is -2.04. The van der Waals surface area contributed by atoms with E-state index in [0.29, 0.717) is 0 Å². The summed E-state index contributed by atoms with van der Waals surface area (Å²) in [6.07, 6.45) is 8.20. The van der Waals surface area contributed by atoms with Gasteiger partial charge >= 0.3 is 0 Å². The van der Waals surface area contributed by atoms with Crippen molar-refractivity contribution in [3.8, 4) is 0 Å². The van der Waals surface area contributed by atoms with Gasteiger partial charge in [0.05, 0.1) is 6.21 Å². The molecule has 0 unspecified atom stereocenters. The largest absolute Gasteiger partial charge is 0.265 e. The van der Waals surface area contributed by atoms with Gasteiger partial charge in [0.2, 0.25) is 0 Å². The van der Waals surface area contributed by atoms with Crippen LogP contribution in [0.5, 0.6) is 0 Å². The van der Waals surface area contributed by atoms with Gasteiger partial charge in [0.25, 0.3) is 0 Å². The van der Waals surface area contributed by atoms with Crippen LogP contribution in [-0.2, 0) is 0 Å². The van der Waals surface area contributed by atoms with Gasteiger partial charge in [0.15, 0.2) is 0 Å². The molecule has 0 fully saturated rings. The predicted molar refractivity (Wildman–Crippen MR) is 47.3 cm³/mol. The average Bonchev–Trinajstić information content (AvgIpc) is 2.69. The molecular weight excluding hydrogens is 166 g/mol. The number of nitrogens with zero attached hydrogens (tertiary/aromatic N) is 5. The van der Waals surface area contributed by atoms with E-state index >= 15 is 0 Å². The fourth-order valence-electron chi connectivity index (χ4n) is 0.838. The molecule has 0 amide bonds. The molecule has 5 heteroatoms. The van der Waals surface area contributed by atoms with Crippen molar-refractivity contribution in [2.24, 2.45) is 5.10 Å². The highest BCUT2D eigenvalue weighted by Crippen LogP contribution is 1.91. The summed E-state index contributed by atoms with van der Waals surface area (Å²) in [6, 6.07) is 3.74. The molecule has 0 aliphatic rings. The molecule has 0 N–H and O–H groups in total. The van der Waals surface area contributed by atoms with E-state index in [4.69, 9.17) is 0 Å². The van der Waals surface area contributed by atoms with E-state index in [1.54, 1.807) is 18.6 Å². The summed E-state index contributed by atoms with van der Waals surface area (Å²) in [5, 5.41) is 11.3. The van der Waals surface area contributed by atoms with Crippen LogP contribution >= 0.6 is 0 Å². The SMILES string of the molecule is C(=N\n1cnnc1)/c1ccncc1. The van der Waals surface area contributed by atoms with Crippen LogP contribution in [0.4, 0.5) is 0 Å². The third-order valence-electron chi connectivity index (χ3n) is 1.45. The molecule has 2 rings (SSSR count). The Balaban J connectivity index is 2.15. The smallest absolute Gasteiger partial charge is 0.141 e. The number of hydrogen-bond acceptors (Lipinski definition) is 4. The highest BCUT2D eigenvalue weighted by Gasteiger charge is 1.85. The number of aromatic nitrogens is 4. The fourth-order valence-corrected chi connectivity index (χ4v) is 0.838. The predicted octanol–water partition coefficient (Wildman–Crippen LogP) is 0.555. The summed E-state index contributed by atoms with van der Waals surface area (Å²) in [5.41, 5.74) is 0.990. The van der Waals surface area contributed by atoms with Crippen LogP contribution in [0.2, 0.25) is 0 Å². The molecule has 0 saturated carbocycles. The minimum absolute atomic E-state index is 0.990. The molecule has 64 valence electrons. The van der Waals surface area contributed by atoms with Crippen LogP contribution < -0.4 is 0 Å². The van der Waals surface area contributed by atoms with Gasteiger partial charge in [-0.2, -0.15) is 5.10 Å². The Morgan fingerprint density at radius 3 is 2.54 bits per heavy atom. The summed E-state index contributed by atoms with van der Waals surface area (Å²) in [5.74, 6) is 0. The molecule has 2 aromatic rings. The van der Waals surface area contributed by atoms with Gasteiger partial charge in [-0.15, -0.1) is 10.2 Å². The maximum Gasteiger partial charge on any atom is 0.141 e. The second-order valence-corrected chi connectivity index (χ2v) is 2.37. The maximum absolute atomic E-state index is 4.08. The van der Waals surface area contributed by atoms with Gasteiger partial charge in [-0.25, -0.2) is 4.68 Å². The van der Waals surface area contributed by atoms with Crippen LogP contribution in [0.15, 0.2) is 42.3 Å². The zero-order valence-corrected chi connectivity index (χ0v) is 6.78. The molecule has 0 aliphatic heterocycles. The van der Waals surface area contributed by atoms with Gasteiger partial charge in [-0.3, -0.25) is 4.98 Å². The lowest BCUT2D eigenvalue weighted by atomic mass is 10.3. The standard InChI is InChI=1S/C8H7N5/c1-3-9-4-2-8(1)5-12-13-6-10-11-7-13/h1-7H/b12-5+. The van der Waals surface area contributed by atoms with E-state index in [1.165, 1.54) is 17.3 Å². The molecule has 0 aliphatic carbocycles. The monoisotopic (exact) mass is 173 g/mol. The van der Waals surface area contributed by atoms with Crippen molar-refractivity contribution in [2.75, 3.05) is 0 Å². The number of pyridine rings is 1. The summed E-state index contributed by atoms with van der Waals surface area (Å²) in [6.45, 7) is 0. The molecule has 0 radical (unpaired) electrons. The van der Waals surface area contributed by atoms with Crippen LogP contribution in [0.3, 0.4) is 0 Å². The minimum Gasteiger partial charge on any atom is -0.265 e. The van der Waals surface area contributed by atoms with Gasteiger partial charge in [0, 0.05) is 12.4 Å². The van der Waals surface area contributed by atoms with Gasteiger partial charge < -0.3 is 0 Å². The quantitative estimate of drug-likeness (QED) is 0.623. The van der Waals surface area contributed by atoms with E-state index in [1.807, 2.05) is 12.1 Å². The third-order valence-corrected chi connectivity index (χ3v) is 1.45. The van der Waals surface area contributed by atoms with E-state index in [9.17, 15) is 0 Å². The topological polar surface area (TPSA) is 56.0 Å². The summed E-state index contributed by atoms with van der Waals surface area (Å²) >= 11 is 0. The zero-order valence-electron chi connectivity index (χ0n) is 6.78. The molecule has 13 heavy (non-hydrogen) atoms. The Morgan fingerprint density at radius 1 is 1.15 bits per heavy atom. The normalized spacial score (nSPS) is 10.8. The molecule has 2 heterocycles. The second kappa shape index (κ2) is 3.57. The molecule has 0 aromatic carbocycles. The van der Waals surface area contributed by atoms with Crippen LogP contribution in [-0.4, -0.2) is 26.1 Å². The highest BCUT2D eigenvalue weighted by molar-refractivity contribution is 5.78.